The average Bonchev–Trinajstić information content (AvgIpc) is 3.08. The third kappa shape index (κ3) is 5.90. The monoisotopic (exact) mass is 428 g/mol. The Kier molecular flexibility index (Phi) is 7.75. The van der Waals surface area contributed by atoms with Crippen molar-refractivity contribution in [1.82, 2.24) is 0 Å². The minimum Gasteiger partial charge on any atom is -0.459 e. The van der Waals surface area contributed by atoms with E-state index in [1.165, 1.54) is 6.92 Å². The second-order valence-electron chi connectivity index (χ2n) is 7.03. The number of benzene rings is 2. The number of esters is 3. The highest BCUT2D eigenvalue weighted by Crippen LogP contribution is 2.34. The van der Waals surface area contributed by atoms with E-state index in [1.807, 2.05) is 0 Å². The standard InChI is InChI=1S/C23H24O8/c1-15(25)29-23-18(12-13-24)20(31-22(27)17-10-6-3-7-11-17)19(30-23)14-28-21(26)16-8-4-2-5-9-16/h2-11,18-20,23-24H,12-14H2,1H3. The van der Waals surface area contributed by atoms with Crippen LogP contribution in [-0.4, -0.2) is 54.7 Å². The zero-order valence-corrected chi connectivity index (χ0v) is 17.0. The Morgan fingerprint density at radius 3 is 2.03 bits per heavy atom. The van der Waals surface area contributed by atoms with Crippen LogP contribution in [0.4, 0.5) is 0 Å². The molecule has 4 atom stereocenters. The molecule has 31 heavy (non-hydrogen) atoms. The first-order valence-corrected chi connectivity index (χ1v) is 9.91. The van der Waals surface area contributed by atoms with Crippen LogP contribution in [-0.2, 0) is 23.7 Å². The number of carbonyl (C=O) groups excluding carboxylic acids is 3. The molecule has 164 valence electrons. The predicted octanol–water partition coefficient (Wildman–Crippen LogP) is 2.36. The van der Waals surface area contributed by atoms with Gasteiger partial charge in [-0.2, -0.15) is 0 Å². The van der Waals surface area contributed by atoms with Crippen molar-refractivity contribution >= 4 is 17.9 Å². The zero-order chi connectivity index (χ0) is 22.2. The molecular weight excluding hydrogens is 404 g/mol. The van der Waals surface area contributed by atoms with Crippen LogP contribution < -0.4 is 0 Å². The van der Waals surface area contributed by atoms with Crippen LogP contribution in [0.15, 0.2) is 60.7 Å². The molecule has 1 fully saturated rings. The number of ether oxygens (including phenoxy) is 4. The van der Waals surface area contributed by atoms with E-state index in [-0.39, 0.29) is 19.6 Å². The highest BCUT2D eigenvalue weighted by molar-refractivity contribution is 5.90. The van der Waals surface area contributed by atoms with Gasteiger partial charge in [-0.1, -0.05) is 36.4 Å². The summed E-state index contributed by atoms with van der Waals surface area (Å²) in [4.78, 5) is 36.4. The van der Waals surface area contributed by atoms with Crippen LogP contribution in [0.25, 0.3) is 0 Å². The van der Waals surface area contributed by atoms with Crippen molar-refractivity contribution in [3.63, 3.8) is 0 Å². The van der Waals surface area contributed by atoms with Crippen molar-refractivity contribution in [2.24, 2.45) is 5.92 Å². The first-order valence-electron chi connectivity index (χ1n) is 9.91. The fourth-order valence-corrected chi connectivity index (χ4v) is 3.39. The molecule has 1 heterocycles. The van der Waals surface area contributed by atoms with Gasteiger partial charge in [0, 0.05) is 13.5 Å². The summed E-state index contributed by atoms with van der Waals surface area (Å²) >= 11 is 0. The molecule has 1 N–H and O–H groups in total. The third-order valence-corrected chi connectivity index (χ3v) is 4.83. The molecule has 0 radical (unpaired) electrons. The maximum absolute atomic E-state index is 12.6. The molecule has 0 amide bonds. The molecule has 1 saturated heterocycles. The van der Waals surface area contributed by atoms with Gasteiger partial charge in [0.05, 0.1) is 17.0 Å². The summed E-state index contributed by atoms with van der Waals surface area (Å²) in [6.07, 6.45) is -2.65. The van der Waals surface area contributed by atoms with Gasteiger partial charge in [-0.3, -0.25) is 4.79 Å². The number of aliphatic hydroxyl groups excluding tert-OH is 1. The molecule has 3 rings (SSSR count). The van der Waals surface area contributed by atoms with Crippen molar-refractivity contribution in [3.05, 3.63) is 71.8 Å². The van der Waals surface area contributed by atoms with Gasteiger partial charge in [0.15, 0.2) is 0 Å². The van der Waals surface area contributed by atoms with E-state index in [9.17, 15) is 19.5 Å². The summed E-state index contributed by atoms with van der Waals surface area (Å²) in [5.74, 6) is -2.36. The van der Waals surface area contributed by atoms with Crippen molar-refractivity contribution in [2.45, 2.75) is 31.8 Å². The van der Waals surface area contributed by atoms with Gasteiger partial charge in [0.1, 0.15) is 18.8 Å². The topological polar surface area (TPSA) is 108 Å². The summed E-state index contributed by atoms with van der Waals surface area (Å²) in [5, 5.41) is 9.48. The summed E-state index contributed by atoms with van der Waals surface area (Å²) in [7, 11) is 0. The lowest BCUT2D eigenvalue weighted by molar-refractivity contribution is -0.181. The molecule has 0 aromatic heterocycles. The Morgan fingerprint density at radius 2 is 1.48 bits per heavy atom. The summed E-state index contributed by atoms with van der Waals surface area (Å²) in [5.41, 5.74) is 0.697. The van der Waals surface area contributed by atoms with E-state index >= 15 is 0 Å². The van der Waals surface area contributed by atoms with Crippen LogP contribution in [0.5, 0.6) is 0 Å². The largest absolute Gasteiger partial charge is 0.459 e. The molecule has 8 heteroatoms. The maximum Gasteiger partial charge on any atom is 0.338 e. The van der Waals surface area contributed by atoms with Crippen molar-refractivity contribution in [1.29, 1.82) is 0 Å². The molecule has 1 aliphatic rings. The first-order chi connectivity index (χ1) is 15.0. The lowest BCUT2D eigenvalue weighted by atomic mass is 9.97. The van der Waals surface area contributed by atoms with Crippen molar-refractivity contribution in [2.75, 3.05) is 13.2 Å². The molecule has 0 bridgehead atoms. The number of carbonyl (C=O) groups is 3. The number of hydrogen-bond acceptors (Lipinski definition) is 8. The van der Waals surface area contributed by atoms with E-state index in [1.54, 1.807) is 60.7 Å². The number of hydrogen-bond donors (Lipinski definition) is 1. The van der Waals surface area contributed by atoms with Crippen molar-refractivity contribution in [3.8, 4) is 0 Å². The lowest BCUT2D eigenvalue weighted by Gasteiger charge is -2.23. The summed E-state index contributed by atoms with van der Waals surface area (Å²) in [6.45, 7) is 0.773. The second kappa shape index (κ2) is 10.7. The molecule has 0 aliphatic carbocycles. The lowest BCUT2D eigenvalue weighted by Crippen LogP contribution is -2.37. The van der Waals surface area contributed by atoms with Gasteiger partial charge in [-0.15, -0.1) is 0 Å². The molecule has 2 aromatic carbocycles. The molecule has 2 aromatic rings. The van der Waals surface area contributed by atoms with Gasteiger partial charge in [0.2, 0.25) is 6.29 Å². The Balaban J connectivity index is 1.76. The fourth-order valence-electron chi connectivity index (χ4n) is 3.39. The highest BCUT2D eigenvalue weighted by atomic mass is 16.7. The third-order valence-electron chi connectivity index (χ3n) is 4.83. The molecule has 1 aliphatic heterocycles. The number of rotatable bonds is 8. The van der Waals surface area contributed by atoms with Crippen LogP contribution in [0.3, 0.4) is 0 Å². The van der Waals surface area contributed by atoms with E-state index in [4.69, 9.17) is 18.9 Å². The van der Waals surface area contributed by atoms with Crippen molar-refractivity contribution < 1.29 is 38.4 Å². The normalized spacial score (nSPS) is 22.5. The zero-order valence-electron chi connectivity index (χ0n) is 17.0. The Labute approximate surface area is 179 Å². The molecule has 8 nitrogen and oxygen atoms in total. The van der Waals surface area contributed by atoms with Gasteiger partial charge in [0.25, 0.3) is 0 Å². The Morgan fingerprint density at radius 1 is 0.903 bits per heavy atom. The maximum atomic E-state index is 12.6. The average molecular weight is 428 g/mol. The first kappa shape index (κ1) is 22.5. The quantitative estimate of drug-likeness (QED) is 0.504. The fraction of sp³-hybridized carbons (Fsp3) is 0.348. The summed E-state index contributed by atoms with van der Waals surface area (Å²) in [6, 6.07) is 16.8. The Bertz CT molecular complexity index is 883. The van der Waals surface area contributed by atoms with Crippen LogP contribution in [0, 0.1) is 5.92 Å². The van der Waals surface area contributed by atoms with E-state index in [2.05, 4.69) is 0 Å². The molecular formula is C23H24O8. The Hall–Kier alpha value is -3.23. The smallest absolute Gasteiger partial charge is 0.338 e. The minimum absolute atomic E-state index is 0.161. The van der Waals surface area contributed by atoms with Crippen LogP contribution in [0.1, 0.15) is 34.1 Å². The molecule has 0 saturated carbocycles. The van der Waals surface area contributed by atoms with E-state index in [0.717, 1.165) is 0 Å². The second-order valence-corrected chi connectivity index (χ2v) is 7.03. The summed E-state index contributed by atoms with van der Waals surface area (Å²) < 4.78 is 22.0. The van der Waals surface area contributed by atoms with Gasteiger partial charge < -0.3 is 24.1 Å². The SMILES string of the molecule is CC(=O)OC1OC(COC(=O)c2ccccc2)C(OC(=O)c2ccccc2)C1CCO. The highest BCUT2D eigenvalue weighted by Gasteiger charge is 2.49. The minimum atomic E-state index is -1.04. The van der Waals surface area contributed by atoms with Gasteiger partial charge in [-0.25, -0.2) is 9.59 Å². The van der Waals surface area contributed by atoms with Crippen LogP contribution in [0.2, 0.25) is 0 Å². The van der Waals surface area contributed by atoms with Crippen LogP contribution >= 0.6 is 0 Å². The van der Waals surface area contributed by atoms with Gasteiger partial charge in [-0.05, 0) is 30.7 Å². The van der Waals surface area contributed by atoms with E-state index in [0.29, 0.717) is 11.1 Å². The molecule has 0 spiro atoms. The number of aliphatic hydroxyl groups is 1. The van der Waals surface area contributed by atoms with E-state index < -0.39 is 42.3 Å². The predicted molar refractivity (Wildman–Crippen MR) is 108 cm³/mol. The van der Waals surface area contributed by atoms with Gasteiger partial charge >= 0.3 is 17.9 Å². The molecule has 4 unspecified atom stereocenters.